The van der Waals surface area contributed by atoms with E-state index in [4.69, 9.17) is 9.26 Å². The molecule has 3 rings (SSSR count). The molecule has 1 unspecified atom stereocenters. The van der Waals surface area contributed by atoms with E-state index in [2.05, 4.69) is 33.8 Å². The number of aryl methyl sites for hydroxylation is 1. The van der Waals surface area contributed by atoms with Crippen LogP contribution >= 0.6 is 11.8 Å². The Labute approximate surface area is 162 Å². The van der Waals surface area contributed by atoms with Crippen molar-refractivity contribution in [2.24, 2.45) is 0 Å². The summed E-state index contributed by atoms with van der Waals surface area (Å²) in [5.74, 6) is 2.82. The molecule has 2 aromatic heterocycles. The summed E-state index contributed by atoms with van der Waals surface area (Å²) in [5.41, 5.74) is 0.886. The molecule has 142 valence electrons. The molecule has 0 saturated heterocycles. The molecule has 1 atom stereocenters. The maximum absolute atomic E-state index is 5.47. The number of allylic oxidation sites excluding steroid dienone is 1. The highest BCUT2D eigenvalue weighted by Crippen LogP contribution is 2.36. The molecule has 7 nitrogen and oxygen atoms in total. The van der Waals surface area contributed by atoms with Crippen LogP contribution in [0.3, 0.4) is 0 Å². The van der Waals surface area contributed by atoms with Gasteiger partial charge in [0.15, 0.2) is 16.8 Å². The fourth-order valence-electron chi connectivity index (χ4n) is 2.66. The van der Waals surface area contributed by atoms with Crippen molar-refractivity contribution in [3.63, 3.8) is 0 Å². The van der Waals surface area contributed by atoms with Gasteiger partial charge in [-0.2, -0.15) is 4.98 Å². The molecular weight excluding hydrogens is 362 g/mol. The molecule has 0 amide bonds. The minimum absolute atomic E-state index is 0.0404. The molecule has 0 aliphatic heterocycles. The second kappa shape index (κ2) is 8.85. The van der Waals surface area contributed by atoms with Gasteiger partial charge in [0.2, 0.25) is 5.89 Å². The van der Waals surface area contributed by atoms with Crippen LogP contribution in [0.5, 0.6) is 5.75 Å². The predicted octanol–water partition coefficient (Wildman–Crippen LogP) is 4.33. The van der Waals surface area contributed by atoms with E-state index in [9.17, 15) is 0 Å². The third-order valence-electron chi connectivity index (χ3n) is 3.96. The monoisotopic (exact) mass is 385 g/mol. The van der Waals surface area contributed by atoms with Crippen LogP contribution in [0.2, 0.25) is 0 Å². The van der Waals surface area contributed by atoms with E-state index in [1.165, 1.54) is 11.8 Å². The van der Waals surface area contributed by atoms with Crippen LogP contribution in [0.4, 0.5) is 0 Å². The van der Waals surface area contributed by atoms with Gasteiger partial charge in [0.1, 0.15) is 5.75 Å². The molecule has 0 aliphatic carbocycles. The Balaban J connectivity index is 1.89. The number of methoxy groups -OCH3 is 1. The third kappa shape index (κ3) is 4.21. The highest BCUT2D eigenvalue weighted by molar-refractivity contribution is 7.99. The maximum atomic E-state index is 5.47. The molecular formula is C19H23N5O2S. The van der Waals surface area contributed by atoms with Crippen molar-refractivity contribution in [1.82, 2.24) is 24.9 Å². The van der Waals surface area contributed by atoms with Crippen LogP contribution in [-0.2, 0) is 13.0 Å². The molecule has 0 fully saturated rings. The topological polar surface area (TPSA) is 78.9 Å². The molecule has 2 heterocycles. The number of thioether (sulfide) groups is 1. The Hall–Kier alpha value is -2.61. The highest BCUT2D eigenvalue weighted by atomic mass is 32.2. The Morgan fingerprint density at radius 3 is 2.89 bits per heavy atom. The molecule has 27 heavy (non-hydrogen) atoms. The summed E-state index contributed by atoms with van der Waals surface area (Å²) in [6.07, 6.45) is 3.62. The average molecular weight is 385 g/mol. The molecule has 0 radical (unpaired) electrons. The van der Waals surface area contributed by atoms with Crippen molar-refractivity contribution < 1.29 is 9.26 Å². The lowest BCUT2D eigenvalue weighted by Gasteiger charge is -2.11. The molecule has 3 aromatic rings. The first-order valence-electron chi connectivity index (χ1n) is 8.84. The number of rotatable bonds is 9. The molecule has 1 aromatic carbocycles. The Kier molecular flexibility index (Phi) is 6.28. The van der Waals surface area contributed by atoms with Crippen molar-refractivity contribution in [2.45, 2.75) is 43.6 Å². The zero-order valence-electron chi connectivity index (χ0n) is 15.8. The van der Waals surface area contributed by atoms with Crippen LogP contribution in [0, 0.1) is 0 Å². The van der Waals surface area contributed by atoms with Gasteiger partial charge >= 0.3 is 0 Å². The van der Waals surface area contributed by atoms with Gasteiger partial charge < -0.3 is 9.26 Å². The normalized spacial score (nSPS) is 12.1. The van der Waals surface area contributed by atoms with E-state index in [-0.39, 0.29) is 5.25 Å². The molecule has 0 saturated carbocycles. The number of benzene rings is 1. The smallest absolute Gasteiger partial charge is 0.239 e. The molecule has 0 N–H and O–H groups in total. The summed E-state index contributed by atoms with van der Waals surface area (Å²) in [6, 6.07) is 7.76. The predicted molar refractivity (Wildman–Crippen MR) is 105 cm³/mol. The zero-order valence-corrected chi connectivity index (χ0v) is 16.6. The lowest BCUT2D eigenvalue weighted by Crippen LogP contribution is -2.02. The van der Waals surface area contributed by atoms with Gasteiger partial charge in [0.25, 0.3) is 0 Å². The number of nitrogens with zero attached hydrogens (tertiary/aromatic N) is 5. The van der Waals surface area contributed by atoms with Crippen molar-refractivity contribution in [3.8, 4) is 17.1 Å². The Bertz CT molecular complexity index is 905. The Morgan fingerprint density at radius 1 is 1.33 bits per heavy atom. The van der Waals surface area contributed by atoms with Crippen molar-refractivity contribution in [1.29, 1.82) is 0 Å². The van der Waals surface area contributed by atoms with E-state index in [1.807, 2.05) is 41.8 Å². The number of hydrogen-bond donors (Lipinski definition) is 0. The summed E-state index contributed by atoms with van der Waals surface area (Å²) in [6.45, 7) is 8.55. The quantitative estimate of drug-likeness (QED) is 0.401. The van der Waals surface area contributed by atoms with Crippen LogP contribution in [0.25, 0.3) is 11.4 Å². The van der Waals surface area contributed by atoms with Gasteiger partial charge in [-0.1, -0.05) is 42.1 Å². The summed E-state index contributed by atoms with van der Waals surface area (Å²) >= 11 is 1.53. The van der Waals surface area contributed by atoms with Gasteiger partial charge in [-0.05, 0) is 25.5 Å². The molecule has 0 aliphatic rings. The standard InChI is InChI=1S/C19H23N5O2S/c1-5-9-16-20-18(26-23-16)13(3)27-19-22-21-17(24(19)12-6-2)14-10-7-8-11-15(14)25-4/h6-8,10-11,13H,2,5,9,12H2,1,3-4H3. The SMILES string of the molecule is C=CCn1c(SC(C)c2nc(CCC)no2)nnc1-c1ccccc1OC. The van der Waals surface area contributed by atoms with E-state index in [0.717, 1.165) is 41.0 Å². The average Bonchev–Trinajstić information content (AvgIpc) is 3.30. The second-order valence-corrected chi connectivity index (χ2v) is 7.27. The van der Waals surface area contributed by atoms with E-state index >= 15 is 0 Å². The van der Waals surface area contributed by atoms with Gasteiger partial charge in [-0.3, -0.25) is 4.57 Å². The maximum Gasteiger partial charge on any atom is 0.239 e. The zero-order chi connectivity index (χ0) is 19.2. The van der Waals surface area contributed by atoms with Gasteiger partial charge in [-0.25, -0.2) is 0 Å². The van der Waals surface area contributed by atoms with Crippen molar-refractivity contribution in [3.05, 3.63) is 48.6 Å². The summed E-state index contributed by atoms with van der Waals surface area (Å²) in [4.78, 5) is 4.47. The Morgan fingerprint density at radius 2 is 2.15 bits per heavy atom. The number of hydrogen-bond acceptors (Lipinski definition) is 7. The van der Waals surface area contributed by atoms with Crippen LogP contribution < -0.4 is 4.74 Å². The number of ether oxygens (including phenoxy) is 1. The highest BCUT2D eigenvalue weighted by Gasteiger charge is 2.22. The van der Waals surface area contributed by atoms with Gasteiger partial charge in [-0.15, -0.1) is 16.8 Å². The van der Waals surface area contributed by atoms with Crippen molar-refractivity contribution in [2.75, 3.05) is 7.11 Å². The first-order valence-corrected chi connectivity index (χ1v) is 9.72. The van der Waals surface area contributed by atoms with Gasteiger partial charge in [0, 0.05) is 13.0 Å². The minimum Gasteiger partial charge on any atom is -0.496 e. The molecule has 0 bridgehead atoms. The van der Waals surface area contributed by atoms with Gasteiger partial charge in [0.05, 0.1) is 17.9 Å². The molecule has 8 heteroatoms. The number of para-hydroxylation sites is 1. The van der Waals surface area contributed by atoms with E-state index in [1.54, 1.807) is 7.11 Å². The molecule has 0 spiro atoms. The summed E-state index contributed by atoms with van der Waals surface area (Å²) in [5, 5.41) is 13.5. The first-order chi connectivity index (χ1) is 13.2. The fourth-order valence-corrected chi connectivity index (χ4v) is 3.55. The van der Waals surface area contributed by atoms with Crippen molar-refractivity contribution >= 4 is 11.8 Å². The third-order valence-corrected chi connectivity index (χ3v) is 5.03. The minimum atomic E-state index is -0.0404. The van der Waals surface area contributed by atoms with E-state index in [0.29, 0.717) is 12.4 Å². The lowest BCUT2D eigenvalue weighted by molar-refractivity contribution is 0.374. The van der Waals surface area contributed by atoms with Crippen LogP contribution in [-0.4, -0.2) is 32.0 Å². The fraction of sp³-hybridized carbons (Fsp3) is 0.368. The first kappa shape index (κ1) is 19.2. The number of aromatic nitrogens is 5. The lowest BCUT2D eigenvalue weighted by atomic mass is 10.2. The van der Waals surface area contributed by atoms with Crippen LogP contribution in [0.1, 0.15) is 37.2 Å². The largest absolute Gasteiger partial charge is 0.496 e. The van der Waals surface area contributed by atoms with E-state index < -0.39 is 0 Å². The summed E-state index contributed by atoms with van der Waals surface area (Å²) in [7, 11) is 1.65. The summed E-state index contributed by atoms with van der Waals surface area (Å²) < 4.78 is 12.9. The second-order valence-electron chi connectivity index (χ2n) is 5.96. The van der Waals surface area contributed by atoms with Crippen LogP contribution in [0.15, 0.2) is 46.6 Å².